The van der Waals surface area contributed by atoms with Crippen LogP contribution >= 0.6 is 0 Å². The van der Waals surface area contributed by atoms with Gasteiger partial charge in [0.05, 0.1) is 5.41 Å². The maximum atomic E-state index is 11.8. The summed E-state index contributed by atoms with van der Waals surface area (Å²) >= 11 is 0. The number of likely N-dealkylation sites (N-methyl/N-ethyl adjacent to an activating group) is 1. The summed E-state index contributed by atoms with van der Waals surface area (Å²) in [4.78, 5) is 25.5. The molecule has 1 fully saturated rings. The Morgan fingerprint density at radius 1 is 1.29 bits per heavy atom. The molecule has 122 valence electrons. The van der Waals surface area contributed by atoms with Crippen LogP contribution in [0.25, 0.3) is 0 Å². The van der Waals surface area contributed by atoms with Crippen molar-refractivity contribution in [2.75, 3.05) is 20.1 Å². The summed E-state index contributed by atoms with van der Waals surface area (Å²) < 4.78 is 0. The van der Waals surface area contributed by atoms with Crippen molar-refractivity contribution in [3.8, 4) is 0 Å². The van der Waals surface area contributed by atoms with Gasteiger partial charge in [-0.15, -0.1) is 0 Å². The maximum absolute atomic E-state index is 11.8. The summed E-state index contributed by atoms with van der Waals surface area (Å²) in [5.41, 5.74) is -0.867. The largest absolute Gasteiger partial charge is 0.481 e. The van der Waals surface area contributed by atoms with Crippen molar-refractivity contribution in [2.45, 2.75) is 58.5 Å². The Bertz CT molecular complexity index is 365. The van der Waals surface area contributed by atoms with Crippen LogP contribution in [0.4, 0.5) is 4.79 Å². The molecule has 0 aromatic carbocycles. The zero-order valence-electron chi connectivity index (χ0n) is 13.6. The van der Waals surface area contributed by atoms with Crippen LogP contribution < -0.4 is 10.6 Å². The number of hydrogen-bond donors (Lipinski definition) is 3. The molecular weight excluding hydrogens is 270 g/mol. The highest BCUT2D eigenvalue weighted by Crippen LogP contribution is 2.27. The first-order chi connectivity index (χ1) is 9.86. The van der Waals surface area contributed by atoms with Gasteiger partial charge in [-0.1, -0.05) is 13.8 Å². The minimum atomic E-state index is -0.867. The molecule has 0 aliphatic heterocycles. The molecule has 0 radical (unpaired) electrons. The van der Waals surface area contributed by atoms with E-state index in [0.29, 0.717) is 25.4 Å². The van der Waals surface area contributed by atoms with E-state index < -0.39 is 11.4 Å². The van der Waals surface area contributed by atoms with Gasteiger partial charge in [-0.2, -0.15) is 0 Å². The lowest BCUT2D eigenvalue weighted by Gasteiger charge is -2.28. The Hall–Kier alpha value is -1.30. The molecule has 3 N–H and O–H groups in total. The van der Waals surface area contributed by atoms with E-state index >= 15 is 0 Å². The number of nitrogens with one attached hydrogen (secondary N) is 2. The molecule has 21 heavy (non-hydrogen) atoms. The van der Waals surface area contributed by atoms with E-state index in [-0.39, 0.29) is 18.6 Å². The van der Waals surface area contributed by atoms with Crippen LogP contribution in [0.15, 0.2) is 0 Å². The molecular formula is C15H29N3O3. The third-order valence-electron chi connectivity index (χ3n) is 4.77. The predicted molar refractivity (Wildman–Crippen MR) is 82.3 cm³/mol. The van der Waals surface area contributed by atoms with Crippen LogP contribution in [-0.4, -0.2) is 54.2 Å². The van der Waals surface area contributed by atoms with Gasteiger partial charge in [-0.25, -0.2) is 4.79 Å². The molecule has 0 aromatic heterocycles. The van der Waals surface area contributed by atoms with Gasteiger partial charge in [0.25, 0.3) is 0 Å². The lowest BCUT2D eigenvalue weighted by atomic mass is 9.82. The molecule has 0 heterocycles. The summed E-state index contributed by atoms with van der Waals surface area (Å²) in [5.74, 6) is -0.852. The van der Waals surface area contributed by atoms with E-state index in [1.165, 1.54) is 12.8 Å². The number of urea groups is 1. The number of aliphatic carboxylic acids is 1. The van der Waals surface area contributed by atoms with Crippen molar-refractivity contribution < 1.29 is 14.7 Å². The highest BCUT2D eigenvalue weighted by atomic mass is 16.4. The second-order valence-corrected chi connectivity index (χ2v) is 6.10. The van der Waals surface area contributed by atoms with E-state index in [0.717, 1.165) is 0 Å². The topological polar surface area (TPSA) is 81.7 Å². The minimum Gasteiger partial charge on any atom is -0.481 e. The molecule has 1 atom stereocenters. The minimum absolute atomic E-state index is 0.161. The second kappa shape index (κ2) is 7.64. The molecule has 2 amide bonds. The highest BCUT2D eigenvalue weighted by Gasteiger charge is 2.35. The van der Waals surface area contributed by atoms with Crippen LogP contribution in [0.1, 0.15) is 46.5 Å². The number of carboxylic acid groups (broad SMARTS) is 1. The molecule has 6 heteroatoms. The average Bonchev–Trinajstić information content (AvgIpc) is 3.29. The van der Waals surface area contributed by atoms with Gasteiger partial charge in [0.1, 0.15) is 0 Å². The number of hydrogen-bond acceptors (Lipinski definition) is 3. The lowest BCUT2D eigenvalue weighted by Crippen LogP contribution is -2.48. The van der Waals surface area contributed by atoms with Gasteiger partial charge in [0.2, 0.25) is 0 Å². The first-order valence-corrected chi connectivity index (χ1v) is 7.83. The molecule has 0 aromatic rings. The standard InChI is InChI=1S/C15H29N3O3/c1-5-15(6-2,13(19)20)10-17-14(21)16-9-11(3)18(4)12-7-8-12/h11-12H,5-10H2,1-4H3,(H,19,20)(H2,16,17,21). The summed E-state index contributed by atoms with van der Waals surface area (Å²) in [7, 11) is 2.07. The number of amides is 2. The molecule has 1 unspecified atom stereocenters. The number of carboxylic acids is 1. The number of carbonyl (C=O) groups is 2. The fourth-order valence-electron chi connectivity index (χ4n) is 2.42. The van der Waals surface area contributed by atoms with Gasteiger partial charge in [-0.05, 0) is 39.7 Å². The van der Waals surface area contributed by atoms with Crippen LogP contribution in [0.2, 0.25) is 0 Å². The summed E-state index contributed by atoms with van der Waals surface area (Å²) in [6.45, 7) is 6.48. The number of nitrogens with zero attached hydrogens (tertiary/aromatic N) is 1. The van der Waals surface area contributed by atoms with Crippen LogP contribution in [0.3, 0.4) is 0 Å². The smallest absolute Gasteiger partial charge is 0.314 e. The zero-order valence-corrected chi connectivity index (χ0v) is 13.6. The third kappa shape index (κ3) is 4.88. The zero-order chi connectivity index (χ0) is 16.0. The lowest BCUT2D eigenvalue weighted by molar-refractivity contribution is -0.149. The van der Waals surface area contributed by atoms with E-state index in [2.05, 4.69) is 29.5 Å². The van der Waals surface area contributed by atoms with E-state index in [1.807, 2.05) is 13.8 Å². The number of carbonyl (C=O) groups excluding carboxylic acids is 1. The predicted octanol–water partition coefficient (Wildman–Crippen LogP) is 1.66. The molecule has 1 rings (SSSR count). The molecule has 0 bridgehead atoms. The average molecular weight is 299 g/mol. The first-order valence-electron chi connectivity index (χ1n) is 7.83. The van der Waals surface area contributed by atoms with Crippen LogP contribution in [0.5, 0.6) is 0 Å². The molecule has 1 aliphatic carbocycles. The molecule has 1 aliphatic rings. The van der Waals surface area contributed by atoms with Gasteiger partial charge >= 0.3 is 12.0 Å². The van der Waals surface area contributed by atoms with Crippen molar-refractivity contribution in [3.05, 3.63) is 0 Å². The first kappa shape index (κ1) is 17.8. The SMILES string of the molecule is CCC(CC)(CNC(=O)NCC(C)N(C)C1CC1)C(=O)O. The van der Waals surface area contributed by atoms with Gasteiger partial charge in [0.15, 0.2) is 0 Å². The Morgan fingerprint density at radius 2 is 1.86 bits per heavy atom. The van der Waals surface area contributed by atoms with Crippen molar-refractivity contribution in [3.63, 3.8) is 0 Å². The van der Waals surface area contributed by atoms with E-state index in [4.69, 9.17) is 0 Å². The maximum Gasteiger partial charge on any atom is 0.314 e. The van der Waals surface area contributed by atoms with E-state index in [9.17, 15) is 14.7 Å². The fraction of sp³-hybridized carbons (Fsp3) is 0.867. The van der Waals surface area contributed by atoms with Gasteiger partial charge in [0, 0.05) is 25.2 Å². The van der Waals surface area contributed by atoms with Gasteiger partial charge < -0.3 is 15.7 Å². The third-order valence-corrected chi connectivity index (χ3v) is 4.77. The Labute approximate surface area is 127 Å². The summed E-state index contributed by atoms with van der Waals surface area (Å²) in [6.07, 6.45) is 3.47. The van der Waals surface area contributed by atoms with Gasteiger partial charge in [-0.3, -0.25) is 9.69 Å². The number of rotatable bonds is 9. The van der Waals surface area contributed by atoms with Crippen molar-refractivity contribution in [1.29, 1.82) is 0 Å². The fourth-order valence-corrected chi connectivity index (χ4v) is 2.42. The van der Waals surface area contributed by atoms with Crippen molar-refractivity contribution >= 4 is 12.0 Å². The highest BCUT2D eigenvalue weighted by molar-refractivity contribution is 5.78. The molecule has 6 nitrogen and oxygen atoms in total. The molecule has 0 spiro atoms. The van der Waals surface area contributed by atoms with Crippen molar-refractivity contribution in [1.82, 2.24) is 15.5 Å². The van der Waals surface area contributed by atoms with Crippen molar-refractivity contribution in [2.24, 2.45) is 5.41 Å². The summed E-state index contributed by atoms with van der Waals surface area (Å²) in [5, 5.41) is 14.8. The van der Waals surface area contributed by atoms with E-state index in [1.54, 1.807) is 0 Å². The Kier molecular flexibility index (Phi) is 6.45. The van der Waals surface area contributed by atoms with Crippen LogP contribution in [0, 0.1) is 5.41 Å². The summed E-state index contributed by atoms with van der Waals surface area (Å²) in [6, 6.07) is 0.646. The Balaban J connectivity index is 2.34. The monoisotopic (exact) mass is 299 g/mol. The second-order valence-electron chi connectivity index (χ2n) is 6.10. The van der Waals surface area contributed by atoms with Crippen LogP contribution in [-0.2, 0) is 4.79 Å². The quantitative estimate of drug-likeness (QED) is 0.605. The Morgan fingerprint density at radius 3 is 2.29 bits per heavy atom. The molecule has 1 saturated carbocycles. The normalized spacial score (nSPS) is 16.6. The molecule has 0 saturated heterocycles.